The zero-order valence-electron chi connectivity index (χ0n) is 13.6. The van der Waals surface area contributed by atoms with E-state index in [1.165, 1.54) is 47.0 Å². The van der Waals surface area contributed by atoms with Gasteiger partial charge in [0.15, 0.2) is 0 Å². The summed E-state index contributed by atoms with van der Waals surface area (Å²) in [4.78, 5) is 23.5. The molecule has 2 aromatic carbocycles. The summed E-state index contributed by atoms with van der Waals surface area (Å²) in [5.74, 6) is -0.795. The summed E-state index contributed by atoms with van der Waals surface area (Å²) >= 11 is 0. The monoisotopic (exact) mass is 371 g/mol. The number of benzene rings is 2. The van der Waals surface area contributed by atoms with Crippen molar-refractivity contribution in [1.82, 2.24) is 4.57 Å². The second-order valence-corrected chi connectivity index (χ2v) is 7.06. The predicted octanol–water partition coefficient (Wildman–Crippen LogP) is 1.65. The topological polar surface area (TPSA) is 122 Å². The molecule has 1 heterocycles. The lowest BCUT2D eigenvalue weighted by Gasteiger charge is -2.10. The highest BCUT2D eigenvalue weighted by atomic mass is 32.2. The van der Waals surface area contributed by atoms with Gasteiger partial charge in [-0.1, -0.05) is 0 Å². The smallest absolute Gasteiger partial charge is 0.372 e. The predicted molar refractivity (Wildman–Crippen MR) is 94.4 cm³/mol. The highest BCUT2D eigenvalue weighted by Crippen LogP contribution is 2.19. The molecule has 0 unspecified atom stereocenters. The number of rotatable bonds is 4. The molecule has 0 saturated heterocycles. The lowest BCUT2D eigenvalue weighted by atomic mass is 10.2. The molecule has 1 aromatic heterocycles. The number of fused-ring (bicyclic) bond motifs is 1. The maximum Gasteiger partial charge on any atom is 0.422 e. The first-order chi connectivity index (χ1) is 12.4. The first-order valence-electron chi connectivity index (χ1n) is 7.56. The minimum Gasteiger partial charge on any atom is -0.372 e. The van der Waals surface area contributed by atoms with E-state index in [1.807, 2.05) is 6.07 Å². The van der Waals surface area contributed by atoms with E-state index in [4.69, 9.17) is 5.26 Å². The van der Waals surface area contributed by atoms with Crippen LogP contribution in [0.25, 0.3) is 10.9 Å². The number of hydrogen-bond acceptors (Lipinski definition) is 6. The van der Waals surface area contributed by atoms with Crippen molar-refractivity contribution in [3.05, 3.63) is 69.0 Å². The van der Waals surface area contributed by atoms with Gasteiger partial charge in [0, 0.05) is 12.2 Å². The Kier molecular flexibility index (Phi) is 4.36. The fourth-order valence-electron chi connectivity index (χ4n) is 2.50. The van der Waals surface area contributed by atoms with Crippen LogP contribution in [0.1, 0.15) is 12.5 Å². The molecule has 26 heavy (non-hydrogen) atoms. The van der Waals surface area contributed by atoms with Gasteiger partial charge in [-0.15, -0.1) is 0 Å². The molecule has 0 saturated carbocycles. The molecule has 0 aliphatic heterocycles. The van der Waals surface area contributed by atoms with Crippen molar-refractivity contribution in [3.63, 3.8) is 0 Å². The molecule has 1 N–H and O–H groups in total. The Balaban J connectivity index is 2.07. The van der Waals surface area contributed by atoms with E-state index >= 15 is 0 Å². The van der Waals surface area contributed by atoms with Crippen LogP contribution in [0.5, 0.6) is 0 Å². The molecule has 0 aliphatic carbocycles. The number of nitriles is 1. The summed E-state index contributed by atoms with van der Waals surface area (Å²) in [6.07, 6.45) is 0. The second kappa shape index (κ2) is 6.50. The molecule has 132 valence electrons. The SMILES string of the molecule is CCn1c(=O)oc(=O)c2cc(S(=O)(=O)Nc3ccc(C#N)cc3)ccc21. The summed E-state index contributed by atoms with van der Waals surface area (Å²) in [6.45, 7) is 1.98. The van der Waals surface area contributed by atoms with E-state index < -0.39 is 21.4 Å². The fourth-order valence-corrected chi connectivity index (χ4v) is 3.58. The minimum atomic E-state index is -3.97. The first-order valence-corrected chi connectivity index (χ1v) is 9.04. The Bertz CT molecular complexity index is 1250. The van der Waals surface area contributed by atoms with Gasteiger partial charge in [0.2, 0.25) is 0 Å². The van der Waals surface area contributed by atoms with E-state index in [0.29, 0.717) is 11.1 Å². The number of sulfonamides is 1. The summed E-state index contributed by atoms with van der Waals surface area (Å²) < 4.78 is 33.3. The van der Waals surface area contributed by atoms with Gasteiger partial charge < -0.3 is 4.42 Å². The van der Waals surface area contributed by atoms with Crippen LogP contribution < -0.4 is 16.1 Å². The summed E-state index contributed by atoms with van der Waals surface area (Å²) in [5, 5.41) is 8.77. The van der Waals surface area contributed by atoms with Crippen molar-refractivity contribution in [2.75, 3.05) is 4.72 Å². The number of aromatic nitrogens is 1. The number of anilines is 1. The quantitative estimate of drug-likeness (QED) is 0.744. The molecule has 9 heteroatoms. The Labute approximate surface area is 148 Å². The van der Waals surface area contributed by atoms with Gasteiger partial charge in [0.05, 0.1) is 27.4 Å². The number of aryl methyl sites for hydroxylation is 1. The summed E-state index contributed by atoms with van der Waals surface area (Å²) in [6, 6.07) is 11.7. The van der Waals surface area contributed by atoms with Gasteiger partial charge in [-0.2, -0.15) is 5.26 Å². The molecular formula is C17H13N3O5S. The van der Waals surface area contributed by atoms with Gasteiger partial charge in [-0.3, -0.25) is 9.29 Å². The lowest BCUT2D eigenvalue weighted by molar-refractivity contribution is 0.421. The van der Waals surface area contributed by atoms with E-state index in [9.17, 15) is 18.0 Å². The van der Waals surface area contributed by atoms with Crippen LogP contribution >= 0.6 is 0 Å². The zero-order chi connectivity index (χ0) is 18.9. The van der Waals surface area contributed by atoms with Crippen LogP contribution in [-0.2, 0) is 16.6 Å². The highest BCUT2D eigenvalue weighted by Gasteiger charge is 2.17. The van der Waals surface area contributed by atoms with Crippen molar-refractivity contribution in [2.24, 2.45) is 0 Å². The van der Waals surface area contributed by atoms with Crippen molar-refractivity contribution in [1.29, 1.82) is 5.26 Å². The molecule has 0 amide bonds. The maximum atomic E-state index is 12.6. The highest BCUT2D eigenvalue weighted by molar-refractivity contribution is 7.92. The van der Waals surface area contributed by atoms with E-state index in [0.717, 1.165) is 0 Å². The Morgan fingerprint density at radius 2 is 1.85 bits per heavy atom. The number of hydrogen-bond donors (Lipinski definition) is 1. The molecule has 0 aliphatic rings. The third-order valence-electron chi connectivity index (χ3n) is 3.77. The van der Waals surface area contributed by atoms with Gasteiger partial charge in [-0.25, -0.2) is 18.0 Å². The van der Waals surface area contributed by atoms with Crippen LogP contribution in [0.4, 0.5) is 5.69 Å². The van der Waals surface area contributed by atoms with Crippen molar-refractivity contribution < 1.29 is 12.8 Å². The van der Waals surface area contributed by atoms with Crippen LogP contribution in [0.15, 0.2) is 61.4 Å². The third kappa shape index (κ3) is 3.10. The Hall–Kier alpha value is -3.38. The van der Waals surface area contributed by atoms with E-state index in [2.05, 4.69) is 9.14 Å². The molecule has 8 nitrogen and oxygen atoms in total. The molecule has 3 aromatic rings. The maximum absolute atomic E-state index is 12.6. The van der Waals surface area contributed by atoms with Crippen LogP contribution in [0.3, 0.4) is 0 Å². The molecule has 0 bridgehead atoms. The molecule has 3 rings (SSSR count). The first kappa shape index (κ1) is 17.4. The van der Waals surface area contributed by atoms with Gasteiger partial charge in [0.25, 0.3) is 10.0 Å². The fraction of sp³-hybridized carbons (Fsp3) is 0.118. The minimum absolute atomic E-state index is 0.00541. The Morgan fingerprint density at radius 1 is 1.15 bits per heavy atom. The van der Waals surface area contributed by atoms with Crippen LogP contribution in [-0.4, -0.2) is 13.0 Å². The largest absolute Gasteiger partial charge is 0.422 e. The standard InChI is InChI=1S/C17H13N3O5S/c1-2-20-15-8-7-13(9-14(15)16(21)25-17(20)22)26(23,24)19-12-5-3-11(10-18)4-6-12/h3-9,19H,2H2,1H3. The second-order valence-electron chi connectivity index (χ2n) is 5.37. The van der Waals surface area contributed by atoms with Gasteiger partial charge in [-0.05, 0) is 49.4 Å². The van der Waals surface area contributed by atoms with Crippen molar-refractivity contribution >= 4 is 26.6 Å². The molecule has 0 atom stereocenters. The molecule has 0 radical (unpaired) electrons. The van der Waals surface area contributed by atoms with Crippen molar-refractivity contribution in [3.8, 4) is 6.07 Å². The molecule has 0 spiro atoms. The number of nitrogens with one attached hydrogen (secondary N) is 1. The normalized spacial score (nSPS) is 11.2. The average molecular weight is 371 g/mol. The van der Waals surface area contributed by atoms with E-state index in [-0.39, 0.29) is 22.5 Å². The van der Waals surface area contributed by atoms with Gasteiger partial charge >= 0.3 is 11.4 Å². The summed E-state index contributed by atoms with van der Waals surface area (Å²) in [5.41, 5.74) is 0.0691. The van der Waals surface area contributed by atoms with Crippen molar-refractivity contribution in [2.45, 2.75) is 18.4 Å². The lowest BCUT2D eigenvalue weighted by Crippen LogP contribution is -2.24. The van der Waals surface area contributed by atoms with Crippen LogP contribution in [0.2, 0.25) is 0 Å². The van der Waals surface area contributed by atoms with Gasteiger partial charge in [0.1, 0.15) is 0 Å². The molecule has 0 fully saturated rings. The average Bonchev–Trinajstić information content (AvgIpc) is 2.62. The molecular weight excluding hydrogens is 358 g/mol. The number of nitrogens with zero attached hydrogens (tertiary/aromatic N) is 2. The van der Waals surface area contributed by atoms with Crippen LogP contribution in [0, 0.1) is 11.3 Å². The summed E-state index contributed by atoms with van der Waals surface area (Å²) in [7, 11) is -3.97. The third-order valence-corrected chi connectivity index (χ3v) is 5.15. The van der Waals surface area contributed by atoms with E-state index in [1.54, 1.807) is 6.92 Å². The zero-order valence-corrected chi connectivity index (χ0v) is 14.4. The Morgan fingerprint density at radius 3 is 2.46 bits per heavy atom.